The molecular formula is C59H38N6O. The van der Waals surface area contributed by atoms with Gasteiger partial charge in [0.25, 0.3) is 0 Å². The quantitative estimate of drug-likeness (QED) is 0.152. The minimum Gasteiger partial charge on any atom is -0.454 e. The highest BCUT2D eigenvalue weighted by atomic mass is 16.3. The van der Waals surface area contributed by atoms with E-state index in [4.69, 9.17) is 19.4 Å². The first-order valence-electron chi connectivity index (χ1n) is 21.9. The lowest BCUT2D eigenvalue weighted by atomic mass is 9.99. The summed E-state index contributed by atoms with van der Waals surface area (Å²) in [5.41, 5.74) is 13.3. The third-order valence-electron chi connectivity index (χ3n) is 12.5. The second-order valence-corrected chi connectivity index (χ2v) is 16.2. The highest BCUT2D eigenvalue weighted by Crippen LogP contribution is 2.45. The van der Waals surface area contributed by atoms with Gasteiger partial charge in [0, 0.05) is 49.2 Å². The maximum absolute atomic E-state index is 10.5. The highest BCUT2D eigenvalue weighted by molar-refractivity contribution is 6.21. The van der Waals surface area contributed by atoms with E-state index >= 15 is 0 Å². The molecule has 12 rings (SSSR count). The molecule has 8 aromatic carbocycles. The molecule has 0 saturated carbocycles. The van der Waals surface area contributed by atoms with E-state index in [9.17, 15) is 5.26 Å². The Morgan fingerprint density at radius 1 is 0.545 bits per heavy atom. The van der Waals surface area contributed by atoms with Gasteiger partial charge in [0.1, 0.15) is 5.58 Å². The number of rotatable bonds is 8. The lowest BCUT2D eigenvalue weighted by Gasteiger charge is -2.16. The SMILES string of the molecule is C=Cc1c(/C=C\C)n(-c2cccc3c2oc2ccccc23)c2ccc3c4ccccc4n(-c4ccc(C#N)cc4-c4nc(-c5ccccc5)nc(-c5ccccc5-c5ccccc5)n4)c3c12. The molecule has 0 radical (unpaired) electrons. The average Bonchev–Trinajstić information content (AvgIpc) is 4.04. The number of nitriles is 1. The first kappa shape index (κ1) is 38.5. The molecule has 0 N–H and O–H groups in total. The fourth-order valence-corrected chi connectivity index (χ4v) is 9.68. The normalized spacial score (nSPS) is 11.7. The Balaban J connectivity index is 1.19. The Morgan fingerprint density at radius 3 is 1.98 bits per heavy atom. The van der Waals surface area contributed by atoms with Gasteiger partial charge in [-0.3, -0.25) is 0 Å². The molecule has 0 spiro atoms. The summed E-state index contributed by atoms with van der Waals surface area (Å²) in [7, 11) is 0. The molecule has 4 aromatic heterocycles. The molecule has 0 aliphatic rings. The van der Waals surface area contributed by atoms with Gasteiger partial charge in [-0.05, 0) is 66.6 Å². The Morgan fingerprint density at radius 2 is 1.21 bits per heavy atom. The van der Waals surface area contributed by atoms with Crippen molar-refractivity contribution in [1.29, 1.82) is 5.26 Å². The van der Waals surface area contributed by atoms with Crippen LogP contribution in [0.25, 0.3) is 123 Å². The summed E-state index contributed by atoms with van der Waals surface area (Å²) in [4.78, 5) is 15.7. The van der Waals surface area contributed by atoms with Crippen molar-refractivity contribution in [1.82, 2.24) is 24.1 Å². The number of allylic oxidation sites excluding steroid dienone is 1. The number of aromatic nitrogens is 5. The Bertz CT molecular complexity index is 3980. The summed E-state index contributed by atoms with van der Waals surface area (Å²) >= 11 is 0. The van der Waals surface area contributed by atoms with Crippen molar-refractivity contribution >= 4 is 66.8 Å². The van der Waals surface area contributed by atoms with E-state index in [1.165, 1.54) is 0 Å². The van der Waals surface area contributed by atoms with Gasteiger partial charge in [-0.2, -0.15) is 5.26 Å². The predicted molar refractivity (Wildman–Crippen MR) is 270 cm³/mol. The first-order chi connectivity index (χ1) is 32.6. The van der Waals surface area contributed by atoms with Crippen molar-refractivity contribution in [2.75, 3.05) is 0 Å². The molecule has 66 heavy (non-hydrogen) atoms. The molecule has 4 heterocycles. The molecule has 0 saturated heterocycles. The number of hydrogen-bond donors (Lipinski definition) is 0. The van der Waals surface area contributed by atoms with Crippen LogP contribution in [0.3, 0.4) is 0 Å². The van der Waals surface area contributed by atoms with Gasteiger partial charge in [-0.15, -0.1) is 0 Å². The van der Waals surface area contributed by atoms with Crippen molar-refractivity contribution in [3.63, 3.8) is 0 Å². The molecule has 310 valence electrons. The van der Waals surface area contributed by atoms with Gasteiger partial charge >= 0.3 is 0 Å². The van der Waals surface area contributed by atoms with E-state index in [1.807, 2.05) is 110 Å². The highest BCUT2D eigenvalue weighted by Gasteiger charge is 2.26. The molecule has 0 unspecified atom stereocenters. The molecule has 7 heteroatoms. The molecule has 0 aliphatic heterocycles. The summed E-state index contributed by atoms with van der Waals surface area (Å²) in [6, 6.07) is 64.1. The zero-order valence-corrected chi connectivity index (χ0v) is 35.9. The van der Waals surface area contributed by atoms with Crippen LogP contribution in [-0.4, -0.2) is 24.1 Å². The van der Waals surface area contributed by atoms with Crippen molar-refractivity contribution in [3.05, 3.63) is 211 Å². The van der Waals surface area contributed by atoms with Crippen molar-refractivity contribution < 1.29 is 4.42 Å². The van der Waals surface area contributed by atoms with Crippen LogP contribution in [0, 0.1) is 11.3 Å². The number of fused-ring (bicyclic) bond motifs is 8. The number of benzene rings is 8. The number of furan rings is 1. The Labute approximate surface area is 380 Å². The zero-order chi connectivity index (χ0) is 44.3. The maximum Gasteiger partial charge on any atom is 0.166 e. The Kier molecular flexibility index (Phi) is 9.11. The largest absolute Gasteiger partial charge is 0.454 e. The lowest BCUT2D eigenvalue weighted by Crippen LogP contribution is -2.04. The maximum atomic E-state index is 10.5. The number of hydrogen-bond acceptors (Lipinski definition) is 5. The first-order valence-corrected chi connectivity index (χ1v) is 21.9. The van der Waals surface area contributed by atoms with Crippen LogP contribution in [0.5, 0.6) is 0 Å². The third-order valence-corrected chi connectivity index (χ3v) is 12.5. The summed E-state index contributed by atoms with van der Waals surface area (Å²) in [5, 5.41) is 15.8. The van der Waals surface area contributed by atoms with Crippen LogP contribution >= 0.6 is 0 Å². The zero-order valence-electron chi connectivity index (χ0n) is 35.9. The van der Waals surface area contributed by atoms with Gasteiger partial charge in [0.2, 0.25) is 0 Å². The van der Waals surface area contributed by atoms with Crippen molar-refractivity contribution in [2.24, 2.45) is 0 Å². The van der Waals surface area contributed by atoms with Crippen LogP contribution in [0.15, 0.2) is 199 Å². The van der Waals surface area contributed by atoms with E-state index in [2.05, 4.69) is 119 Å². The standard InChI is InChI=1S/C59H38N6O/c1-3-18-48-40(4-2)54-51(64(48)52-29-17-27-45-43-25-14-16-30-53(43)66-56(45)52)34-32-44-42-24-13-15-28-49(42)65(55(44)54)50-33-31-37(36-60)35-47(50)59-62-57(39-21-9-6-10-22-39)61-58(63-59)46-26-12-11-23-41(46)38-19-7-5-8-20-38/h3-35H,2H2,1H3/b18-3-. The fourth-order valence-electron chi connectivity index (χ4n) is 9.68. The van der Waals surface area contributed by atoms with E-state index in [0.29, 0.717) is 28.6 Å². The van der Waals surface area contributed by atoms with Gasteiger partial charge in [0.05, 0.1) is 45.3 Å². The smallest absolute Gasteiger partial charge is 0.166 e. The summed E-state index contributed by atoms with van der Waals surface area (Å²) in [6.45, 7) is 6.48. The van der Waals surface area contributed by atoms with Crippen molar-refractivity contribution in [2.45, 2.75) is 6.92 Å². The third kappa shape index (κ3) is 6.01. The predicted octanol–water partition coefficient (Wildman–Crippen LogP) is 15.0. The van der Waals surface area contributed by atoms with Crippen LogP contribution in [-0.2, 0) is 0 Å². The van der Waals surface area contributed by atoms with Gasteiger partial charge < -0.3 is 13.6 Å². The number of nitrogens with zero attached hydrogens (tertiary/aromatic N) is 6. The average molecular weight is 847 g/mol. The summed E-state index contributed by atoms with van der Waals surface area (Å²) < 4.78 is 11.3. The molecule has 12 aromatic rings. The minimum atomic E-state index is 0.444. The molecule has 0 fully saturated rings. The van der Waals surface area contributed by atoms with E-state index in [1.54, 1.807) is 0 Å². The second kappa shape index (κ2) is 15.6. The second-order valence-electron chi connectivity index (χ2n) is 16.2. The topological polar surface area (TPSA) is 85.5 Å². The van der Waals surface area contributed by atoms with E-state index in [0.717, 1.165) is 99.5 Å². The van der Waals surface area contributed by atoms with E-state index < -0.39 is 0 Å². The van der Waals surface area contributed by atoms with E-state index in [-0.39, 0.29) is 0 Å². The molecule has 0 amide bonds. The van der Waals surface area contributed by atoms with Crippen LogP contribution < -0.4 is 0 Å². The fraction of sp³-hybridized carbons (Fsp3) is 0.0169. The minimum absolute atomic E-state index is 0.444. The van der Waals surface area contributed by atoms with Crippen LogP contribution in [0.2, 0.25) is 0 Å². The van der Waals surface area contributed by atoms with Gasteiger partial charge in [-0.25, -0.2) is 15.0 Å². The molecule has 0 atom stereocenters. The molecule has 7 nitrogen and oxygen atoms in total. The lowest BCUT2D eigenvalue weighted by molar-refractivity contribution is 0.666. The monoisotopic (exact) mass is 846 g/mol. The summed E-state index contributed by atoms with van der Waals surface area (Å²) in [5.74, 6) is 1.50. The molecule has 0 aliphatic carbocycles. The van der Waals surface area contributed by atoms with Crippen LogP contribution in [0.1, 0.15) is 23.7 Å². The number of para-hydroxylation sites is 3. The molecule has 0 bridgehead atoms. The molecular weight excluding hydrogens is 809 g/mol. The van der Waals surface area contributed by atoms with Crippen LogP contribution in [0.4, 0.5) is 0 Å². The van der Waals surface area contributed by atoms with Gasteiger partial charge in [0.15, 0.2) is 23.1 Å². The van der Waals surface area contributed by atoms with Crippen molar-refractivity contribution in [3.8, 4) is 62.7 Å². The summed E-state index contributed by atoms with van der Waals surface area (Å²) in [6.07, 6.45) is 6.18. The van der Waals surface area contributed by atoms with Gasteiger partial charge in [-0.1, -0.05) is 158 Å². The Hall–Kier alpha value is -9.12.